The number of hydrogen-bond acceptors (Lipinski definition) is 3. The Balaban J connectivity index is 1.38. The lowest BCUT2D eigenvalue weighted by Crippen LogP contribution is -2.34. The first-order chi connectivity index (χ1) is 13.1. The number of carbonyl (C=O) groups excluding carboxylic acids is 2. The molecule has 1 N–H and O–H groups in total. The van der Waals surface area contributed by atoms with Crippen LogP contribution < -0.4 is 5.32 Å². The molecule has 0 spiro atoms. The molecule has 1 fully saturated rings. The second-order valence-corrected chi connectivity index (χ2v) is 7.08. The summed E-state index contributed by atoms with van der Waals surface area (Å²) in [4.78, 5) is 26.7. The van der Waals surface area contributed by atoms with Crippen molar-refractivity contribution in [1.82, 2.24) is 10.2 Å². The predicted octanol–water partition coefficient (Wildman–Crippen LogP) is 3.66. The first kappa shape index (κ1) is 17.3. The Bertz CT molecular complexity index is 931. The molecule has 1 aromatic heterocycles. The van der Waals surface area contributed by atoms with E-state index in [1.807, 2.05) is 67.6 Å². The summed E-state index contributed by atoms with van der Waals surface area (Å²) in [5.74, 6) is 0.310. The van der Waals surface area contributed by atoms with Crippen LogP contribution in [0.15, 0.2) is 65.1 Å². The van der Waals surface area contributed by atoms with Gasteiger partial charge >= 0.3 is 0 Å². The fraction of sp³-hybridized carbons (Fsp3) is 0.273. The molecular formula is C22H22N2O3. The zero-order valence-corrected chi connectivity index (χ0v) is 15.2. The molecule has 138 valence electrons. The number of furan rings is 1. The van der Waals surface area contributed by atoms with Crippen molar-refractivity contribution < 1.29 is 14.0 Å². The summed E-state index contributed by atoms with van der Waals surface area (Å²) < 4.78 is 5.82. The summed E-state index contributed by atoms with van der Waals surface area (Å²) in [5, 5.41) is 4.01. The van der Waals surface area contributed by atoms with E-state index in [0.717, 1.165) is 22.3 Å². The molecule has 2 heterocycles. The highest BCUT2D eigenvalue weighted by molar-refractivity contribution is 5.89. The van der Waals surface area contributed by atoms with Gasteiger partial charge in [-0.15, -0.1) is 0 Å². The molecule has 5 nitrogen and oxygen atoms in total. The van der Waals surface area contributed by atoms with Crippen molar-refractivity contribution in [2.24, 2.45) is 5.92 Å². The number of likely N-dealkylation sites (tertiary alicyclic amines) is 1. The van der Waals surface area contributed by atoms with Crippen LogP contribution in [0.25, 0.3) is 11.0 Å². The summed E-state index contributed by atoms with van der Waals surface area (Å²) >= 11 is 0. The van der Waals surface area contributed by atoms with Crippen LogP contribution in [-0.4, -0.2) is 23.3 Å². The van der Waals surface area contributed by atoms with Crippen LogP contribution in [0.1, 0.15) is 30.7 Å². The smallest absolute Gasteiger partial charge is 0.226 e. The van der Waals surface area contributed by atoms with Crippen LogP contribution in [0.5, 0.6) is 0 Å². The van der Waals surface area contributed by atoms with Crippen molar-refractivity contribution in [3.8, 4) is 0 Å². The third-order valence-corrected chi connectivity index (χ3v) is 5.03. The van der Waals surface area contributed by atoms with E-state index in [0.29, 0.717) is 13.1 Å². The van der Waals surface area contributed by atoms with Crippen molar-refractivity contribution >= 4 is 22.8 Å². The number of nitrogens with zero attached hydrogens (tertiary/aromatic N) is 1. The van der Waals surface area contributed by atoms with E-state index in [1.54, 1.807) is 4.90 Å². The van der Waals surface area contributed by atoms with Crippen molar-refractivity contribution in [1.29, 1.82) is 0 Å². The lowest BCUT2D eigenvalue weighted by molar-refractivity contribution is -0.129. The Morgan fingerprint density at radius 2 is 1.93 bits per heavy atom. The number of nitrogens with one attached hydrogen (secondary N) is 1. The lowest BCUT2D eigenvalue weighted by atomic mass is 10.1. The number of hydrogen-bond donors (Lipinski definition) is 1. The average molecular weight is 362 g/mol. The highest BCUT2D eigenvalue weighted by Gasteiger charge is 2.34. The van der Waals surface area contributed by atoms with Gasteiger partial charge < -0.3 is 14.6 Å². The van der Waals surface area contributed by atoms with Crippen LogP contribution in [0.2, 0.25) is 0 Å². The molecule has 5 heteroatoms. The van der Waals surface area contributed by atoms with Crippen molar-refractivity contribution in [3.05, 3.63) is 72.0 Å². The molecule has 2 amide bonds. The second-order valence-electron chi connectivity index (χ2n) is 7.08. The molecule has 2 aromatic carbocycles. The van der Waals surface area contributed by atoms with E-state index in [-0.39, 0.29) is 30.2 Å². The normalized spacial score (nSPS) is 18.0. The molecule has 1 saturated heterocycles. The van der Waals surface area contributed by atoms with Crippen LogP contribution in [0, 0.1) is 5.92 Å². The Morgan fingerprint density at radius 1 is 1.19 bits per heavy atom. The largest absolute Gasteiger partial charge is 0.459 e. The maximum atomic E-state index is 12.7. The minimum Gasteiger partial charge on any atom is -0.459 e. The summed E-state index contributed by atoms with van der Waals surface area (Å²) in [5.41, 5.74) is 1.88. The topological polar surface area (TPSA) is 62.6 Å². The van der Waals surface area contributed by atoms with Gasteiger partial charge in [0.25, 0.3) is 0 Å². The van der Waals surface area contributed by atoms with Gasteiger partial charge in [0.1, 0.15) is 11.3 Å². The Labute approximate surface area is 158 Å². The number of fused-ring (bicyclic) bond motifs is 1. The highest BCUT2D eigenvalue weighted by Crippen LogP contribution is 2.25. The van der Waals surface area contributed by atoms with Crippen LogP contribution in [0.4, 0.5) is 0 Å². The summed E-state index contributed by atoms with van der Waals surface area (Å²) in [6.07, 6.45) is 0.255. The second kappa shape index (κ2) is 7.27. The zero-order chi connectivity index (χ0) is 18.8. The summed E-state index contributed by atoms with van der Waals surface area (Å²) in [6, 6.07) is 19.3. The third kappa shape index (κ3) is 3.72. The maximum absolute atomic E-state index is 12.7. The van der Waals surface area contributed by atoms with E-state index in [1.165, 1.54) is 0 Å². The van der Waals surface area contributed by atoms with Gasteiger partial charge in [-0.2, -0.15) is 0 Å². The molecule has 0 aliphatic carbocycles. The number of para-hydroxylation sites is 1. The Hall–Kier alpha value is -3.08. The van der Waals surface area contributed by atoms with E-state index in [2.05, 4.69) is 5.32 Å². The molecule has 2 unspecified atom stereocenters. The quantitative estimate of drug-likeness (QED) is 0.753. The van der Waals surface area contributed by atoms with Crippen molar-refractivity contribution in [2.75, 3.05) is 6.54 Å². The number of rotatable bonds is 5. The zero-order valence-electron chi connectivity index (χ0n) is 15.2. The molecule has 1 aliphatic rings. The minimum absolute atomic E-state index is 0.0235. The molecular weight excluding hydrogens is 340 g/mol. The van der Waals surface area contributed by atoms with Crippen LogP contribution in [-0.2, 0) is 16.1 Å². The van der Waals surface area contributed by atoms with Gasteiger partial charge in [0.2, 0.25) is 11.8 Å². The van der Waals surface area contributed by atoms with Gasteiger partial charge in [-0.1, -0.05) is 48.5 Å². The Morgan fingerprint density at radius 3 is 2.70 bits per heavy atom. The van der Waals surface area contributed by atoms with Gasteiger partial charge in [-0.3, -0.25) is 9.59 Å². The first-order valence-corrected chi connectivity index (χ1v) is 9.20. The predicted molar refractivity (Wildman–Crippen MR) is 103 cm³/mol. The van der Waals surface area contributed by atoms with Crippen molar-refractivity contribution in [3.63, 3.8) is 0 Å². The number of amides is 2. The van der Waals surface area contributed by atoms with Gasteiger partial charge in [-0.05, 0) is 24.6 Å². The molecule has 27 heavy (non-hydrogen) atoms. The van der Waals surface area contributed by atoms with Gasteiger partial charge in [0.05, 0.1) is 12.0 Å². The highest BCUT2D eigenvalue weighted by atomic mass is 16.3. The molecule has 3 aromatic rings. The molecule has 4 rings (SSSR count). The molecule has 0 bridgehead atoms. The van der Waals surface area contributed by atoms with E-state index in [4.69, 9.17) is 4.42 Å². The SMILES string of the molecule is CC(NC(=O)C1CC(=O)N(Cc2ccccc2)C1)c1cc2ccccc2o1. The number of carbonyl (C=O) groups is 2. The van der Waals surface area contributed by atoms with E-state index < -0.39 is 0 Å². The van der Waals surface area contributed by atoms with Gasteiger partial charge in [0.15, 0.2) is 0 Å². The monoisotopic (exact) mass is 362 g/mol. The summed E-state index contributed by atoms with van der Waals surface area (Å²) in [6.45, 7) is 2.89. The fourth-order valence-electron chi connectivity index (χ4n) is 3.52. The van der Waals surface area contributed by atoms with E-state index in [9.17, 15) is 9.59 Å². The Kier molecular flexibility index (Phi) is 4.67. The molecule has 2 atom stereocenters. The maximum Gasteiger partial charge on any atom is 0.226 e. The van der Waals surface area contributed by atoms with Gasteiger partial charge in [-0.25, -0.2) is 0 Å². The summed E-state index contributed by atoms with van der Waals surface area (Å²) in [7, 11) is 0. The molecule has 1 aliphatic heterocycles. The third-order valence-electron chi connectivity index (χ3n) is 5.03. The average Bonchev–Trinajstić information content (AvgIpc) is 3.26. The van der Waals surface area contributed by atoms with Crippen LogP contribution >= 0.6 is 0 Å². The number of benzene rings is 2. The van der Waals surface area contributed by atoms with Crippen molar-refractivity contribution in [2.45, 2.75) is 25.9 Å². The van der Waals surface area contributed by atoms with Gasteiger partial charge in [0, 0.05) is 24.9 Å². The first-order valence-electron chi connectivity index (χ1n) is 9.20. The van der Waals surface area contributed by atoms with Crippen LogP contribution in [0.3, 0.4) is 0 Å². The lowest BCUT2D eigenvalue weighted by Gasteiger charge is -2.18. The fourth-order valence-corrected chi connectivity index (χ4v) is 3.52. The molecule has 0 saturated carbocycles. The molecule has 0 radical (unpaired) electrons. The minimum atomic E-state index is -0.326. The van der Waals surface area contributed by atoms with E-state index >= 15 is 0 Å². The standard InChI is InChI=1S/C22H22N2O3/c1-15(20-11-17-9-5-6-10-19(17)27-20)23-22(26)18-12-21(25)24(14-18)13-16-7-3-2-4-8-16/h2-11,15,18H,12-14H2,1H3,(H,23,26).